The Labute approximate surface area is 110 Å². The van der Waals surface area contributed by atoms with Gasteiger partial charge in [-0.25, -0.2) is 0 Å². The Hall–Kier alpha value is -2.21. The molecule has 1 atom stereocenters. The molecule has 2 N–H and O–H groups in total. The molecule has 0 saturated heterocycles. The number of hydrogen-bond donors (Lipinski definition) is 2. The molecule has 2 aromatic rings. The zero-order chi connectivity index (χ0) is 13.2. The monoisotopic (exact) mass is 258 g/mol. The molecule has 19 heavy (non-hydrogen) atoms. The molecule has 0 spiro atoms. The molecule has 6 nitrogen and oxygen atoms in total. The molecule has 0 fully saturated rings. The zero-order valence-electron chi connectivity index (χ0n) is 10.5. The van der Waals surface area contributed by atoms with Crippen molar-refractivity contribution >= 4 is 5.91 Å². The first-order valence-corrected chi connectivity index (χ1v) is 6.14. The lowest BCUT2D eigenvalue weighted by molar-refractivity contribution is 0.0950. The number of hydrogen-bond acceptors (Lipinski definition) is 5. The van der Waals surface area contributed by atoms with E-state index in [0.717, 1.165) is 13.1 Å². The number of carbonyl (C=O) groups is 1. The minimum absolute atomic E-state index is 0.00384. The first-order chi connectivity index (χ1) is 9.29. The Morgan fingerprint density at radius 3 is 3.16 bits per heavy atom. The Kier molecular flexibility index (Phi) is 3.00. The SMILES string of the molecule is CNC(=O)c1noc(C2CNCc3ccccc32)n1. The van der Waals surface area contributed by atoms with Crippen molar-refractivity contribution in [3.8, 4) is 0 Å². The molecule has 0 aliphatic carbocycles. The number of amides is 1. The summed E-state index contributed by atoms with van der Waals surface area (Å²) in [6.07, 6.45) is 0. The highest BCUT2D eigenvalue weighted by Gasteiger charge is 2.27. The quantitative estimate of drug-likeness (QED) is 0.827. The standard InChI is InChI=1S/C13H14N4O2/c1-14-12(18)11-16-13(19-17-11)10-7-15-6-8-4-2-3-5-9(8)10/h2-5,10,15H,6-7H2,1H3,(H,14,18). The van der Waals surface area contributed by atoms with Gasteiger partial charge in [-0.1, -0.05) is 29.4 Å². The van der Waals surface area contributed by atoms with Gasteiger partial charge in [-0.3, -0.25) is 4.79 Å². The zero-order valence-corrected chi connectivity index (χ0v) is 10.5. The fourth-order valence-corrected chi connectivity index (χ4v) is 2.30. The van der Waals surface area contributed by atoms with E-state index in [1.165, 1.54) is 18.2 Å². The second-order valence-corrected chi connectivity index (χ2v) is 4.42. The number of fused-ring (bicyclic) bond motifs is 1. The highest BCUT2D eigenvalue weighted by atomic mass is 16.5. The minimum atomic E-state index is -0.341. The van der Waals surface area contributed by atoms with Gasteiger partial charge >= 0.3 is 0 Å². The van der Waals surface area contributed by atoms with E-state index in [1.807, 2.05) is 12.1 Å². The first kappa shape index (κ1) is 11.9. The molecular weight excluding hydrogens is 244 g/mol. The van der Waals surface area contributed by atoms with Crippen LogP contribution in [0.1, 0.15) is 33.6 Å². The summed E-state index contributed by atoms with van der Waals surface area (Å²) in [5, 5.41) is 9.50. The number of nitrogens with one attached hydrogen (secondary N) is 2. The molecule has 3 rings (SSSR count). The van der Waals surface area contributed by atoms with Crippen LogP contribution in [0.5, 0.6) is 0 Å². The second-order valence-electron chi connectivity index (χ2n) is 4.42. The number of carbonyl (C=O) groups excluding carboxylic acids is 1. The molecule has 98 valence electrons. The van der Waals surface area contributed by atoms with Crippen LogP contribution in [-0.2, 0) is 6.54 Å². The van der Waals surface area contributed by atoms with Crippen molar-refractivity contribution in [2.45, 2.75) is 12.5 Å². The average Bonchev–Trinajstić information content (AvgIpc) is 2.95. The Bertz CT molecular complexity index is 608. The Morgan fingerprint density at radius 1 is 1.47 bits per heavy atom. The molecule has 2 heterocycles. The van der Waals surface area contributed by atoms with Gasteiger partial charge in [0.15, 0.2) is 0 Å². The fraction of sp³-hybridized carbons (Fsp3) is 0.308. The third-order valence-corrected chi connectivity index (χ3v) is 3.26. The van der Waals surface area contributed by atoms with Gasteiger partial charge in [0.1, 0.15) is 0 Å². The van der Waals surface area contributed by atoms with Crippen molar-refractivity contribution < 1.29 is 9.32 Å². The van der Waals surface area contributed by atoms with E-state index in [0.29, 0.717) is 5.89 Å². The van der Waals surface area contributed by atoms with E-state index in [4.69, 9.17) is 4.52 Å². The average molecular weight is 258 g/mol. The molecule has 1 aliphatic rings. The van der Waals surface area contributed by atoms with Gasteiger partial charge in [-0.05, 0) is 11.1 Å². The molecule has 1 aromatic carbocycles. The molecule has 0 bridgehead atoms. The van der Waals surface area contributed by atoms with Crippen LogP contribution in [0.3, 0.4) is 0 Å². The van der Waals surface area contributed by atoms with Gasteiger partial charge in [-0.15, -0.1) is 0 Å². The lowest BCUT2D eigenvalue weighted by Gasteiger charge is -2.23. The van der Waals surface area contributed by atoms with E-state index in [9.17, 15) is 4.79 Å². The van der Waals surface area contributed by atoms with Crippen LogP contribution >= 0.6 is 0 Å². The lowest BCUT2D eigenvalue weighted by Crippen LogP contribution is -2.29. The third kappa shape index (κ3) is 2.10. The second kappa shape index (κ2) is 4.81. The van der Waals surface area contributed by atoms with E-state index in [2.05, 4.69) is 32.9 Å². The maximum atomic E-state index is 11.4. The van der Waals surface area contributed by atoms with E-state index >= 15 is 0 Å². The summed E-state index contributed by atoms with van der Waals surface area (Å²) >= 11 is 0. The molecule has 1 aliphatic heterocycles. The highest BCUT2D eigenvalue weighted by Crippen LogP contribution is 2.28. The highest BCUT2D eigenvalue weighted by molar-refractivity contribution is 5.89. The Morgan fingerprint density at radius 2 is 2.32 bits per heavy atom. The summed E-state index contributed by atoms with van der Waals surface area (Å²) in [6, 6.07) is 8.13. The summed E-state index contributed by atoms with van der Waals surface area (Å²) < 4.78 is 5.22. The predicted octanol–water partition coefficient (Wildman–Crippen LogP) is 0.664. The minimum Gasteiger partial charge on any atom is -0.352 e. The largest absolute Gasteiger partial charge is 0.352 e. The molecule has 0 radical (unpaired) electrons. The van der Waals surface area contributed by atoms with Crippen molar-refractivity contribution in [1.82, 2.24) is 20.8 Å². The summed E-state index contributed by atoms with van der Waals surface area (Å²) in [7, 11) is 1.54. The van der Waals surface area contributed by atoms with Crippen LogP contribution in [0.25, 0.3) is 0 Å². The van der Waals surface area contributed by atoms with Crippen molar-refractivity contribution in [3.05, 3.63) is 47.1 Å². The Balaban J connectivity index is 1.95. The van der Waals surface area contributed by atoms with E-state index < -0.39 is 0 Å². The topological polar surface area (TPSA) is 80.0 Å². The molecule has 1 unspecified atom stereocenters. The van der Waals surface area contributed by atoms with Crippen LogP contribution in [-0.4, -0.2) is 29.6 Å². The molecule has 6 heteroatoms. The summed E-state index contributed by atoms with van der Waals surface area (Å²) in [5.74, 6) is 0.196. The van der Waals surface area contributed by atoms with Crippen LogP contribution in [0, 0.1) is 0 Å². The van der Waals surface area contributed by atoms with Crippen LogP contribution in [0.2, 0.25) is 0 Å². The first-order valence-electron chi connectivity index (χ1n) is 6.14. The van der Waals surface area contributed by atoms with Gasteiger partial charge in [0.05, 0.1) is 5.92 Å². The fourth-order valence-electron chi connectivity index (χ4n) is 2.30. The van der Waals surface area contributed by atoms with Crippen LogP contribution in [0.15, 0.2) is 28.8 Å². The smallest absolute Gasteiger partial charge is 0.292 e. The van der Waals surface area contributed by atoms with Crippen molar-refractivity contribution in [2.75, 3.05) is 13.6 Å². The number of nitrogens with zero attached hydrogens (tertiary/aromatic N) is 2. The van der Waals surface area contributed by atoms with Gasteiger partial charge in [0.25, 0.3) is 11.7 Å². The maximum absolute atomic E-state index is 11.4. The molecule has 1 amide bonds. The van der Waals surface area contributed by atoms with Crippen molar-refractivity contribution in [1.29, 1.82) is 0 Å². The van der Waals surface area contributed by atoms with Crippen molar-refractivity contribution in [3.63, 3.8) is 0 Å². The number of rotatable bonds is 2. The predicted molar refractivity (Wildman–Crippen MR) is 67.7 cm³/mol. The maximum Gasteiger partial charge on any atom is 0.292 e. The number of aromatic nitrogens is 2. The summed E-state index contributed by atoms with van der Waals surface area (Å²) in [6.45, 7) is 1.56. The van der Waals surface area contributed by atoms with Gasteiger partial charge in [0.2, 0.25) is 5.89 Å². The van der Waals surface area contributed by atoms with Crippen molar-refractivity contribution in [2.24, 2.45) is 0 Å². The van der Waals surface area contributed by atoms with E-state index in [-0.39, 0.29) is 17.6 Å². The van der Waals surface area contributed by atoms with Gasteiger partial charge in [0, 0.05) is 20.1 Å². The summed E-state index contributed by atoms with van der Waals surface area (Å²) in [4.78, 5) is 15.6. The van der Waals surface area contributed by atoms with Gasteiger partial charge < -0.3 is 15.2 Å². The summed E-state index contributed by atoms with van der Waals surface area (Å²) in [5.41, 5.74) is 2.40. The third-order valence-electron chi connectivity index (χ3n) is 3.26. The molecule has 0 saturated carbocycles. The molecular formula is C13H14N4O2. The lowest BCUT2D eigenvalue weighted by atomic mass is 9.91. The normalized spacial score (nSPS) is 17.8. The molecule has 1 aromatic heterocycles. The number of benzene rings is 1. The van der Waals surface area contributed by atoms with Gasteiger partial charge in [-0.2, -0.15) is 4.98 Å². The van der Waals surface area contributed by atoms with E-state index in [1.54, 1.807) is 0 Å². The van der Waals surface area contributed by atoms with Crippen LogP contribution in [0.4, 0.5) is 0 Å². The van der Waals surface area contributed by atoms with Crippen LogP contribution < -0.4 is 10.6 Å².